The molecule has 2 N–H and O–H groups in total. The number of amides is 1. The van der Waals surface area contributed by atoms with Crippen molar-refractivity contribution in [2.24, 2.45) is 17.8 Å². The van der Waals surface area contributed by atoms with Gasteiger partial charge in [-0.2, -0.15) is 0 Å². The van der Waals surface area contributed by atoms with E-state index in [4.69, 9.17) is 0 Å². The van der Waals surface area contributed by atoms with Crippen molar-refractivity contribution in [2.45, 2.75) is 44.6 Å². The molecule has 1 saturated heterocycles. The van der Waals surface area contributed by atoms with Crippen LogP contribution in [0.15, 0.2) is 0 Å². The third-order valence-electron chi connectivity index (χ3n) is 4.66. The van der Waals surface area contributed by atoms with E-state index in [1.54, 1.807) is 0 Å². The van der Waals surface area contributed by atoms with Gasteiger partial charge in [0.1, 0.15) is 0 Å². The number of hydrogen-bond acceptors (Lipinski definition) is 2. The summed E-state index contributed by atoms with van der Waals surface area (Å²) in [5, 5.41) is 6.58. The third-order valence-corrected chi connectivity index (χ3v) is 4.66. The number of halogens is 1. The molecule has 1 aliphatic heterocycles. The van der Waals surface area contributed by atoms with Crippen molar-refractivity contribution in [1.82, 2.24) is 10.6 Å². The van der Waals surface area contributed by atoms with Crippen molar-refractivity contribution in [2.75, 3.05) is 13.1 Å². The lowest BCUT2D eigenvalue weighted by Crippen LogP contribution is -2.32. The second-order valence-electron chi connectivity index (χ2n) is 5.66. The highest BCUT2D eigenvalue weighted by Crippen LogP contribution is 2.57. The summed E-state index contributed by atoms with van der Waals surface area (Å²) in [6, 6.07) is 0.652. The van der Waals surface area contributed by atoms with Crippen LogP contribution < -0.4 is 10.6 Å². The molecule has 3 fully saturated rings. The Morgan fingerprint density at radius 1 is 1.18 bits per heavy atom. The van der Waals surface area contributed by atoms with Gasteiger partial charge in [-0.3, -0.25) is 4.79 Å². The van der Waals surface area contributed by atoms with Crippen molar-refractivity contribution >= 4 is 18.3 Å². The molecule has 2 aliphatic carbocycles. The van der Waals surface area contributed by atoms with Gasteiger partial charge in [0.05, 0.1) is 0 Å². The lowest BCUT2D eigenvalue weighted by Gasteiger charge is -2.11. The molecular formula is C13H23ClN2O. The Bertz CT molecular complexity index is 269. The molecule has 3 atom stereocenters. The van der Waals surface area contributed by atoms with Crippen molar-refractivity contribution in [3.05, 3.63) is 0 Å². The van der Waals surface area contributed by atoms with Crippen molar-refractivity contribution < 1.29 is 4.79 Å². The number of nitrogens with one attached hydrogen (secondary N) is 2. The minimum Gasteiger partial charge on any atom is -0.356 e. The molecule has 1 heterocycles. The second-order valence-corrected chi connectivity index (χ2v) is 5.66. The molecule has 17 heavy (non-hydrogen) atoms. The lowest BCUT2D eigenvalue weighted by atomic mass is 10.1. The fourth-order valence-corrected chi connectivity index (χ4v) is 3.70. The third kappa shape index (κ3) is 2.76. The van der Waals surface area contributed by atoms with Crippen LogP contribution in [0.2, 0.25) is 0 Å². The van der Waals surface area contributed by atoms with E-state index in [9.17, 15) is 4.79 Å². The van der Waals surface area contributed by atoms with Crippen LogP contribution in [0.4, 0.5) is 0 Å². The highest BCUT2D eigenvalue weighted by Gasteiger charge is 2.56. The lowest BCUT2D eigenvalue weighted by molar-refractivity contribution is -0.123. The van der Waals surface area contributed by atoms with E-state index in [2.05, 4.69) is 10.6 Å². The Morgan fingerprint density at radius 2 is 1.94 bits per heavy atom. The molecule has 3 rings (SSSR count). The van der Waals surface area contributed by atoms with E-state index in [0.717, 1.165) is 31.3 Å². The molecule has 3 nitrogen and oxygen atoms in total. The smallest absolute Gasteiger partial charge is 0.223 e. The number of carbonyl (C=O) groups excluding carboxylic acids is 1. The van der Waals surface area contributed by atoms with Crippen molar-refractivity contribution in [3.63, 3.8) is 0 Å². The first-order chi connectivity index (χ1) is 7.86. The topological polar surface area (TPSA) is 41.1 Å². The van der Waals surface area contributed by atoms with Crippen molar-refractivity contribution in [1.29, 1.82) is 0 Å². The Morgan fingerprint density at radius 3 is 2.59 bits per heavy atom. The van der Waals surface area contributed by atoms with E-state index < -0.39 is 0 Å². The molecule has 1 amide bonds. The standard InChI is InChI=1S/C13H22N2O.ClH/c16-13(12-10-4-1-5-11(10)12)15-8-6-9-3-2-7-14-9;/h9-12,14H,1-8H2,(H,15,16);1H/t9-,10?,11?,12?;/m1./s1. The maximum absolute atomic E-state index is 11.9. The van der Waals surface area contributed by atoms with Crippen LogP contribution in [0.1, 0.15) is 38.5 Å². The first-order valence-corrected chi connectivity index (χ1v) is 6.87. The Balaban J connectivity index is 0.00000108. The van der Waals surface area contributed by atoms with Crippen LogP contribution in [-0.4, -0.2) is 25.0 Å². The summed E-state index contributed by atoms with van der Waals surface area (Å²) in [4.78, 5) is 11.9. The predicted molar refractivity (Wildman–Crippen MR) is 70.2 cm³/mol. The fraction of sp³-hybridized carbons (Fsp3) is 0.923. The zero-order valence-corrected chi connectivity index (χ0v) is 11.1. The highest BCUT2D eigenvalue weighted by atomic mass is 35.5. The van der Waals surface area contributed by atoms with E-state index in [1.165, 1.54) is 32.1 Å². The van der Waals surface area contributed by atoms with Crippen molar-refractivity contribution in [3.8, 4) is 0 Å². The van der Waals surface area contributed by atoms with Crippen LogP contribution in [0.3, 0.4) is 0 Å². The van der Waals surface area contributed by atoms with Crippen LogP contribution >= 0.6 is 12.4 Å². The first-order valence-electron chi connectivity index (χ1n) is 6.87. The fourth-order valence-electron chi connectivity index (χ4n) is 3.70. The average molecular weight is 259 g/mol. The van der Waals surface area contributed by atoms with Crippen LogP contribution in [0.25, 0.3) is 0 Å². The van der Waals surface area contributed by atoms with E-state index >= 15 is 0 Å². The Labute approximate surface area is 110 Å². The van der Waals surface area contributed by atoms with E-state index in [-0.39, 0.29) is 12.4 Å². The van der Waals surface area contributed by atoms with Gasteiger partial charge in [-0.05, 0) is 50.5 Å². The van der Waals surface area contributed by atoms with Gasteiger partial charge in [-0.1, -0.05) is 6.42 Å². The summed E-state index contributed by atoms with van der Waals surface area (Å²) in [6.07, 6.45) is 7.63. The molecule has 0 aromatic heterocycles. The minimum atomic E-state index is 0. The van der Waals surface area contributed by atoms with Gasteiger partial charge < -0.3 is 10.6 Å². The largest absolute Gasteiger partial charge is 0.356 e. The summed E-state index contributed by atoms with van der Waals surface area (Å²) < 4.78 is 0. The van der Waals surface area contributed by atoms with Crippen LogP contribution in [0.5, 0.6) is 0 Å². The van der Waals surface area contributed by atoms with E-state index in [1.807, 2.05) is 0 Å². The summed E-state index contributed by atoms with van der Waals surface area (Å²) in [5.41, 5.74) is 0. The highest BCUT2D eigenvalue weighted by molar-refractivity contribution is 5.85. The molecule has 4 heteroatoms. The Kier molecular flexibility index (Phi) is 4.31. The summed E-state index contributed by atoms with van der Waals surface area (Å²) >= 11 is 0. The maximum Gasteiger partial charge on any atom is 0.223 e. The minimum absolute atomic E-state index is 0. The zero-order valence-electron chi connectivity index (χ0n) is 10.3. The van der Waals surface area contributed by atoms with E-state index in [0.29, 0.717) is 17.9 Å². The number of fused-ring (bicyclic) bond motifs is 1. The molecule has 0 aromatic rings. The molecule has 0 aromatic carbocycles. The molecule has 0 bridgehead atoms. The van der Waals surface area contributed by atoms with Gasteiger partial charge >= 0.3 is 0 Å². The predicted octanol–water partition coefficient (Wildman–Crippen LogP) is 1.71. The van der Waals surface area contributed by atoms with Crippen LogP contribution in [0, 0.1) is 17.8 Å². The summed E-state index contributed by atoms with van der Waals surface area (Å²) in [5.74, 6) is 2.24. The molecule has 2 saturated carbocycles. The molecular weight excluding hydrogens is 236 g/mol. The Hall–Kier alpha value is -0.280. The molecule has 0 spiro atoms. The normalized spacial score (nSPS) is 38.4. The molecule has 2 unspecified atom stereocenters. The second kappa shape index (κ2) is 5.57. The number of hydrogen-bond donors (Lipinski definition) is 2. The summed E-state index contributed by atoms with van der Waals surface area (Å²) in [6.45, 7) is 2.03. The first kappa shape index (κ1) is 13.2. The molecule has 3 aliphatic rings. The quantitative estimate of drug-likeness (QED) is 0.806. The molecule has 0 radical (unpaired) electrons. The maximum atomic E-state index is 11.9. The summed E-state index contributed by atoms with van der Waals surface area (Å²) in [7, 11) is 0. The van der Waals surface area contributed by atoms with Crippen LogP contribution in [-0.2, 0) is 4.79 Å². The zero-order chi connectivity index (χ0) is 11.0. The van der Waals surface area contributed by atoms with Gasteiger partial charge in [0.25, 0.3) is 0 Å². The van der Waals surface area contributed by atoms with Gasteiger partial charge in [0.15, 0.2) is 0 Å². The SMILES string of the molecule is Cl.O=C(NCC[C@H]1CCCN1)C1C2CCCC21. The number of rotatable bonds is 4. The monoisotopic (exact) mass is 258 g/mol. The molecule has 98 valence electrons. The van der Waals surface area contributed by atoms with Gasteiger partial charge in [0, 0.05) is 18.5 Å². The number of carbonyl (C=O) groups is 1. The van der Waals surface area contributed by atoms with Gasteiger partial charge in [0.2, 0.25) is 5.91 Å². The van der Waals surface area contributed by atoms with Gasteiger partial charge in [-0.25, -0.2) is 0 Å². The average Bonchev–Trinajstić information content (AvgIpc) is 2.76. The van der Waals surface area contributed by atoms with Gasteiger partial charge in [-0.15, -0.1) is 12.4 Å².